The third-order valence-electron chi connectivity index (χ3n) is 5.32. The van der Waals surface area contributed by atoms with Gasteiger partial charge in [-0.2, -0.15) is 13.2 Å². The average Bonchev–Trinajstić information content (AvgIpc) is 2.79. The lowest BCUT2D eigenvalue weighted by atomic mass is 9.98. The number of amides is 1. The summed E-state index contributed by atoms with van der Waals surface area (Å²) in [5.41, 5.74) is 2.93. The summed E-state index contributed by atoms with van der Waals surface area (Å²) in [4.78, 5) is 14.6. The molecule has 0 unspecified atom stereocenters. The fourth-order valence-corrected chi connectivity index (χ4v) is 3.65. The van der Waals surface area contributed by atoms with Crippen LogP contribution in [0.5, 0.6) is 23.0 Å². The molecule has 0 bridgehead atoms. The number of halogens is 3. The zero-order chi connectivity index (χ0) is 23.3. The van der Waals surface area contributed by atoms with E-state index in [-0.39, 0.29) is 23.8 Å². The Balaban J connectivity index is 1.61. The molecule has 0 radical (unpaired) electrons. The Morgan fingerprint density at radius 1 is 0.938 bits per heavy atom. The van der Waals surface area contributed by atoms with Crippen molar-refractivity contribution in [3.8, 4) is 23.0 Å². The molecule has 6 nitrogen and oxygen atoms in total. The van der Waals surface area contributed by atoms with E-state index in [1.165, 1.54) is 13.2 Å². The number of hydrogen-bond donors (Lipinski definition) is 0. The summed E-state index contributed by atoms with van der Waals surface area (Å²) in [5.74, 6) is 1.51. The molecular formula is C23H26F3NO5. The van der Waals surface area contributed by atoms with Gasteiger partial charge in [-0.15, -0.1) is 0 Å². The summed E-state index contributed by atoms with van der Waals surface area (Å²) in [6.45, 7) is -0.300. The molecular weight excluding hydrogens is 427 g/mol. The van der Waals surface area contributed by atoms with Crippen molar-refractivity contribution in [3.63, 3.8) is 0 Å². The highest BCUT2D eigenvalue weighted by Crippen LogP contribution is 2.34. The Hall–Kier alpha value is -3.10. The fraction of sp³-hybridized carbons (Fsp3) is 0.435. The van der Waals surface area contributed by atoms with Crippen LogP contribution in [0.4, 0.5) is 13.2 Å². The lowest BCUT2D eigenvalue weighted by Crippen LogP contribution is -2.36. The van der Waals surface area contributed by atoms with Gasteiger partial charge in [-0.05, 0) is 53.8 Å². The maximum Gasteiger partial charge on any atom is 0.422 e. The molecule has 0 atom stereocenters. The smallest absolute Gasteiger partial charge is 0.422 e. The number of hydrogen-bond acceptors (Lipinski definition) is 5. The number of fused-ring (bicyclic) bond motifs is 1. The second-order valence-electron chi connectivity index (χ2n) is 7.43. The number of carbonyl (C=O) groups excluding carboxylic acids is 1. The minimum atomic E-state index is -4.43. The van der Waals surface area contributed by atoms with Gasteiger partial charge in [-0.25, -0.2) is 0 Å². The molecule has 0 fully saturated rings. The van der Waals surface area contributed by atoms with Crippen molar-refractivity contribution < 1.29 is 36.9 Å². The molecule has 0 N–H and O–H groups in total. The first-order valence-corrected chi connectivity index (χ1v) is 10.1. The Bertz CT molecular complexity index is 961. The van der Waals surface area contributed by atoms with Gasteiger partial charge >= 0.3 is 6.18 Å². The van der Waals surface area contributed by atoms with Crippen LogP contribution in [-0.4, -0.2) is 51.5 Å². The molecule has 1 aliphatic rings. The number of ether oxygens (including phenoxy) is 4. The lowest BCUT2D eigenvalue weighted by molar-refractivity contribution is -0.153. The molecule has 0 spiro atoms. The maximum absolute atomic E-state index is 12.8. The number of rotatable bonds is 8. The van der Waals surface area contributed by atoms with Gasteiger partial charge in [0.1, 0.15) is 0 Å². The van der Waals surface area contributed by atoms with Gasteiger partial charge in [0, 0.05) is 19.5 Å². The minimum absolute atomic E-state index is 0.00167. The summed E-state index contributed by atoms with van der Waals surface area (Å²) < 4.78 is 57.8. The maximum atomic E-state index is 12.8. The predicted molar refractivity (Wildman–Crippen MR) is 112 cm³/mol. The van der Waals surface area contributed by atoms with Gasteiger partial charge < -0.3 is 23.8 Å². The number of nitrogens with zero attached hydrogens (tertiary/aromatic N) is 1. The van der Waals surface area contributed by atoms with Crippen LogP contribution < -0.4 is 18.9 Å². The highest BCUT2D eigenvalue weighted by molar-refractivity contribution is 5.77. The Labute approximate surface area is 184 Å². The molecule has 0 aliphatic carbocycles. The van der Waals surface area contributed by atoms with Crippen LogP contribution in [0.3, 0.4) is 0 Å². The molecule has 2 aromatic rings. The van der Waals surface area contributed by atoms with Crippen LogP contribution in [-0.2, 0) is 24.2 Å². The minimum Gasteiger partial charge on any atom is -0.493 e. The standard InChI is InChI=1S/C23H26F3NO5/c1-29-19-10-15(4-6-18(19)32-14-23(24,25)26)5-7-22(28)27-9-8-16-11-20(30-2)21(31-3)12-17(16)13-27/h4,6,10-12H,5,7-9,13-14H2,1-3H3. The summed E-state index contributed by atoms with van der Waals surface area (Å²) >= 11 is 0. The molecule has 9 heteroatoms. The molecule has 1 aliphatic heterocycles. The third kappa shape index (κ3) is 5.77. The van der Waals surface area contributed by atoms with Gasteiger partial charge in [-0.1, -0.05) is 6.07 Å². The van der Waals surface area contributed by atoms with Crippen LogP contribution in [0.15, 0.2) is 30.3 Å². The average molecular weight is 453 g/mol. The molecule has 0 aromatic heterocycles. The molecule has 3 rings (SSSR count). The fourth-order valence-electron chi connectivity index (χ4n) is 3.65. The first kappa shape index (κ1) is 23.6. The van der Waals surface area contributed by atoms with Crippen molar-refractivity contribution in [2.24, 2.45) is 0 Å². The second-order valence-corrected chi connectivity index (χ2v) is 7.43. The molecule has 32 heavy (non-hydrogen) atoms. The molecule has 0 saturated carbocycles. The molecule has 1 amide bonds. The number of carbonyl (C=O) groups is 1. The molecule has 0 saturated heterocycles. The van der Waals surface area contributed by atoms with Crippen molar-refractivity contribution in [1.82, 2.24) is 4.90 Å². The Morgan fingerprint density at radius 3 is 2.19 bits per heavy atom. The topological polar surface area (TPSA) is 57.2 Å². The van der Waals surface area contributed by atoms with Gasteiger partial charge in [-0.3, -0.25) is 4.79 Å². The number of aryl methyl sites for hydroxylation is 1. The highest BCUT2D eigenvalue weighted by Gasteiger charge is 2.29. The number of benzene rings is 2. The van der Waals surface area contributed by atoms with Crippen molar-refractivity contribution in [1.29, 1.82) is 0 Å². The number of alkyl halides is 3. The van der Waals surface area contributed by atoms with Gasteiger partial charge in [0.2, 0.25) is 5.91 Å². The monoisotopic (exact) mass is 453 g/mol. The van der Waals surface area contributed by atoms with Gasteiger partial charge in [0.15, 0.2) is 29.6 Å². The van der Waals surface area contributed by atoms with E-state index < -0.39 is 12.8 Å². The van der Waals surface area contributed by atoms with Crippen LogP contribution in [0.1, 0.15) is 23.1 Å². The van der Waals surface area contributed by atoms with Crippen LogP contribution >= 0.6 is 0 Å². The molecule has 2 aromatic carbocycles. The van der Waals surface area contributed by atoms with Crippen LogP contribution in [0.25, 0.3) is 0 Å². The Morgan fingerprint density at radius 2 is 1.56 bits per heavy atom. The van der Waals surface area contributed by atoms with E-state index in [0.717, 1.165) is 23.1 Å². The normalized spacial score (nSPS) is 13.4. The summed E-state index contributed by atoms with van der Waals surface area (Å²) in [5, 5.41) is 0. The molecule has 1 heterocycles. The summed E-state index contributed by atoms with van der Waals surface area (Å²) in [6, 6.07) is 8.52. The lowest BCUT2D eigenvalue weighted by Gasteiger charge is -2.29. The van der Waals surface area contributed by atoms with Crippen molar-refractivity contribution in [3.05, 3.63) is 47.0 Å². The van der Waals surface area contributed by atoms with Crippen molar-refractivity contribution in [2.45, 2.75) is 32.0 Å². The van der Waals surface area contributed by atoms with Gasteiger partial charge in [0.05, 0.1) is 21.3 Å². The first-order chi connectivity index (χ1) is 15.2. The van der Waals surface area contributed by atoms with E-state index in [9.17, 15) is 18.0 Å². The van der Waals surface area contributed by atoms with E-state index in [1.54, 1.807) is 31.3 Å². The van der Waals surface area contributed by atoms with E-state index in [4.69, 9.17) is 18.9 Å². The zero-order valence-corrected chi connectivity index (χ0v) is 18.3. The largest absolute Gasteiger partial charge is 0.493 e. The van der Waals surface area contributed by atoms with Crippen LogP contribution in [0, 0.1) is 0 Å². The van der Waals surface area contributed by atoms with E-state index in [0.29, 0.717) is 31.0 Å². The van der Waals surface area contributed by atoms with Crippen molar-refractivity contribution >= 4 is 5.91 Å². The summed E-state index contributed by atoms with van der Waals surface area (Å²) in [7, 11) is 4.52. The predicted octanol–water partition coefficient (Wildman–Crippen LogP) is 4.17. The number of methoxy groups -OCH3 is 3. The Kier molecular flexibility index (Phi) is 7.37. The SMILES string of the molecule is COc1cc2c(cc1OC)CN(C(=O)CCc1ccc(OCC(F)(F)F)c(OC)c1)CC2. The third-order valence-corrected chi connectivity index (χ3v) is 5.32. The van der Waals surface area contributed by atoms with E-state index in [2.05, 4.69) is 0 Å². The van der Waals surface area contributed by atoms with E-state index in [1.807, 2.05) is 12.1 Å². The van der Waals surface area contributed by atoms with E-state index >= 15 is 0 Å². The quantitative estimate of drug-likeness (QED) is 0.601. The summed E-state index contributed by atoms with van der Waals surface area (Å²) in [6.07, 6.45) is -3.00. The van der Waals surface area contributed by atoms with Crippen molar-refractivity contribution in [2.75, 3.05) is 34.5 Å². The zero-order valence-electron chi connectivity index (χ0n) is 18.3. The second kappa shape index (κ2) is 10.0. The van der Waals surface area contributed by atoms with Gasteiger partial charge in [0.25, 0.3) is 0 Å². The highest BCUT2D eigenvalue weighted by atomic mass is 19.4. The van der Waals surface area contributed by atoms with Crippen LogP contribution in [0.2, 0.25) is 0 Å². The first-order valence-electron chi connectivity index (χ1n) is 10.1. The molecule has 174 valence electrons.